The van der Waals surface area contributed by atoms with Gasteiger partial charge in [-0.15, -0.1) is 0 Å². The molecule has 2 rings (SSSR count). The van der Waals surface area contributed by atoms with Gasteiger partial charge in [-0.25, -0.2) is 0 Å². The molecule has 15 heavy (non-hydrogen) atoms. The molecule has 1 atom stereocenters. The lowest BCUT2D eigenvalue weighted by atomic mass is 9.88. The highest BCUT2D eigenvalue weighted by atomic mass is 16.5. The molecule has 1 saturated heterocycles. The zero-order valence-electron chi connectivity index (χ0n) is 9.25. The zero-order chi connectivity index (χ0) is 10.8. The van der Waals surface area contributed by atoms with Gasteiger partial charge in [0.05, 0.1) is 12.5 Å². The van der Waals surface area contributed by atoms with Crippen molar-refractivity contribution in [3.05, 3.63) is 34.9 Å². The fourth-order valence-electron chi connectivity index (χ4n) is 2.11. The van der Waals surface area contributed by atoms with Crippen LogP contribution in [0.5, 0.6) is 0 Å². The summed E-state index contributed by atoms with van der Waals surface area (Å²) in [7, 11) is 0. The van der Waals surface area contributed by atoms with Gasteiger partial charge in [0, 0.05) is 0 Å². The van der Waals surface area contributed by atoms with E-state index in [1.165, 1.54) is 11.1 Å². The molecule has 0 bridgehead atoms. The summed E-state index contributed by atoms with van der Waals surface area (Å²) in [5.74, 6) is -0.103. The van der Waals surface area contributed by atoms with Crippen molar-refractivity contribution in [3.63, 3.8) is 0 Å². The maximum Gasteiger partial charge on any atom is 0.313 e. The zero-order valence-corrected chi connectivity index (χ0v) is 9.25. The second kappa shape index (κ2) is 4.05. The average molecular weight is 204 g/mol. The van der Waals surface area contributed by atoms with Crippen LogP contribution >= 0.6 is 0 Å². The Labute approximate surface area is 90.3 Å². The molecule has 1 heterocycles. The van der Waals surface area contributed by atoms with Gasteiger partial charge in [0.2, 0.25) is 0 Å². The number of esters is 1. The summed E-state index contributed by atoms with van der Waals surface area (Å²) in [6, 6.07) is 6.13. The Kier molecular flexibility index (Phi) is 2.76. The van der Waals surface area contributed by atoms with Crippen molar-refractivity contribution in [3.8, 4) is 0 Å². The van der Waals surface area contributed by atoms with Crippen molar-refractivity contribution < 1.29 is 9.53 Å². The topological polar surface area (TPSA) is 26.3 Å². The molecule has 1 fully saturated rings. The molecular weight excluding hydrogens is 188 g/mol. The van der Waals surface area contributed by atoms with Gasteiger partial charge in [-0.05, 0) is 43.4 Å². The van der Waals surface area contributed by atoms with Crippen LogP contribution < -0.4 is 0 Å². The monoisotopic (exact) mass is 204 g/mol. The molecule has 0 aromatic heterocycles. The van der Waals surface area contributed by atoms with Crippen LogP contribution in [0.4, 0.5) is 0 Å². The lowest BCUT2D eigenvalue weighted by Gasteiger charge is -2.23. The maximum absolute atomic E-state index is 11.6. The van der Waals surface area contributed by atoms with E-state index in [0.29, 0.717) is 6.61 Å². The molecule has 1 aliphatic heterocycles. The summed E-state index contributed by atoms with van der Waals surface area (Å²) in [5.41, 5.74) is 3.60. The van der Waals surface area contributed by atoms with Crippen LogP contribution in [0.25, 0.3) is 0 Å². The molecule has 0 saturated carbocycles. The number of aryl methyl sites for hydroxylation is 1. The van der Waals surface area contributed by atoms with Crippen LogP contribution in [0.15, 0.2) is 18.2 Å². The molecule has 80 valence electrons. The van der Waals surface area contributed by atoms with Gasteiger partial charge in [-0.3, -0.25) is 4.79 Å². The van der Waals surface area contributed by atoms with Gasteiger partial charge in [-0.2, -0.15) is 0 Å². The second-order valence-corrected chi connectivity index (χ2v) is 4.15. The maximum atomic E-state index is 11.6. The first kappa shape index (κ1) is 10.2. The second-order valence-electron chi connectivity index (χ2n) is 4.15. The Bertz CT molecular complexity index is 382. The van der Waals surface area contributed by atoms with Crippen molar-refractivity contribution in [2.24, 2.45) is 0 Å². The molecule has 0 radical (unpaired) electrons. The van der Waals surface area contributed by atoms with Crippen molar-refractivity contribution in [1.29, 1.82) is 0 Å². The minimum absolute atomic E-state index is 0.0429. The first-order valence-electron chi connectivity index (χ1n) is 5.43. The number of cyclic esters (lactones) is 1. The minimum Gasteiger partial charge on any atom is -0.465 e. The number of carbonyl (C=O) groups excluding carboxylic acids is 1. The molecule has 2 nitrogen and oxygen atoms in total. The fraction of sp³-hybridized carbons (Fsp3) is 0.462. The molecular formula is C13H16O2. The third-order valence-corrected chi connectivity index (χ3v) is 3.19. The first-order valence-corrected chi connectivity index (χ1v) is 5.43. The number of ether oxygens (including phenoxy) is 1. The standard InChI is InChI=1S/C13H16O2/c1-9-5-3-6-11(10(9)2)12-7-4-8-15-13(12)14/h3,5-6,12H,4,7-8H2,1-2H3. The van der Waals surface area contributed by atoms with E-state index in [1.54, 1.807) is 0 Å². The number of hydrogen-bond acceptors (Lipinski definition) is 2. The van der Waals surface area contributed by atoms with E-state index in [2.05, 4.69) is 19.9 Å². The first-order chi connectivity index (χ1) is 7.20. The van der Waals surface area contributed by atoms with Crippen LogP contribution in [-0.2, 0) is 9.53 Å². The Morgan fingerprint density at radius 3 is 2.87 bits per heavy atom. The number of benzene rings is 1. The Balaban J connectivity index is 2.35. The van der Waals surface area contributed by atoms with Crippen molar-refractivity contribution in [2.75, 3.05) is 6.61 Å². The number of hydrogen-bond donors (Lipinski definition) is 0. The van der Waals surface area contributed by atoms with Gasteiger partial charge in [0.25, 0.3) is 0 Å². The molecule has 1 unspecified atom stereocenters. The minimum atomic E-state index is -0.0602. The molecule has 1 aliphatic rings. The SMILES string of the molecule is Cc1cccc(C2CCCOC2=O)c1C. The number of rotatable bonds is 1. The van der Waals surface area contributed by atoms with Crippen molar-refractivity contribution in [2.45, 2.75) is 32.6 Å². The van der Waals surface area contributed by atoms with E-state index in [4.69, 9.17) is 4.74 Å². The third-order valence-electron chi connectivity index (χ3n) is 3.19. The molecule has 0 amide bonds. The largest absolute Gasteiger partial charge is 0.465 e. The van der Waals surface area contributed by atoms with Gasteiger partial charge < -0.3 is 4.74 Å². The molecule has 0 spiro atoms. The normalized spacial score (nSPS) is 21.2. The fourth-order valence-corrected chi connectivity index (χ4v) is 2.11. The van der Waals surface area contributed by atoms with Crippen molar-refractivity contribution in [1.82, 2.24) is 0 Å². The van der Waals surface area contributed by atoms with Gasteiger partial charge in [0.15, 0.2) is 0 Å². The molecule has 1 aromatic rings. The smallest absolute Gasteiger partial charge is 0.313 e. The average Bonchev–Trinajstić information content (AvgIpc) is 2.23. The van der Waals surface area contributed by atoms with E-state index in [9.17, 15) is 4.79 Å². The highest BCUT2D eigenvalue weighted by Crippen LogP contribution is 2.29. The molecule has 0 N–H and O–H groups in total. The van der Waals surface area contributed by atoms with Gasteiger partial charge in [-0.1, -0.05) is 18.2 Å². The predicted octanol–water partition coefficient (Wildman–Crippen LogP) is 2.72. The lowest BCUT2D eigenvalue weighted by molar-refractivity contribution is -0.149. The van der Waals surface area contributed by atoms with Crippen LogP contribution in [0.3, 0.4) is 0 Å². The Morgan fingerprint density at radius 1 is 1.33 bits per heavy atom. The summed E-state index contributed by atoms with van der Waals surface area (Å²) >= 11 is 0. The summed E-state index contributed by atoms with van der Waals surface area (Å²) in [5, 5.41) is 0. The summed E-state index contributed by atoms with van der Waals surface area (Å²) in [4.78, 5) is 11.6. The van der Waals surface area contributed by atoms with Crippen LogP contribution in [0, 0.1) is 13.8 Å². The number of carbonyl (C=O) groups is 1. The third kappa shape index (κ3) is 1.89. The Hall–Kier alpha value is -1.31. The van der Waals surface area contributed by atoms with E-state index in [-0.39, 0.29) is 11.9 Å². The highest BCUT2D eigenvalue weighted by Gasteiger charge is 2.26. The molecule has 0 aliphatic carbocycles. The Morgan fingerprint density at radius 2 is 2.13 bits per heavy atom. The van der Waals surface area contributed by atoms with Crippen LogP contribution in [0.2, 0.25) is 0 Å². The van der Waals surface area contributed by atoms with E-state index in [0.717, 1.165) is 18.4 Å². The highest BCUT2D eigenvalue weighted by molar-refractivity contribution is 5.79. The van der Waals surface area contributed by atoms with Crippen molar-refractivity contribution >= 4 is 5.97 Å². The summed E-state index contributed by atoms with van der Waals surface area (Å²) in [6.45, 7) is 4.74. The quantitative estimate of drug-likeness (QED) is 0.657. The predicted molar refractivity (Wildman–Crippen MR) is 58.9 cm³/mol. The van der Waals surface area contributed by atoms with Crippen LogP contribution in [0.1, 0.15) is 35.4 Å². The van der Waals surface area contributed by atoms with E-state index >= 15 is 0 Å². The summed E-state index contributed by atoms with van der Waals surface area (Å²) in [6.07, 6.45) is 1.90. The van der Waals surface area contributed by atoms with Gasteiger partial charge >= 0.3 is 5.97 Å². The lowest BCUT2D eigenvalue weighted by Crippen LogP contribution is -2.23. The van der Waals surface area contributed by atoms with Crippen LogP contribution in [-0.4, -0.2) is 12.6 Å². The summed E-state index contributed by atoms with van der Waals surface area (Å²) < 4.78 is 5.10. The van der Waals surface area contributed by atoms with E-state index in [1.807, 2.05) is 12.1 Å². The molecule has 2 heteroatoms. The molecule has 1 aromatic carbocycles. The van der Waals surface area contributed by atoms with Gasteiger partial charge in [0.1, 0.15) is 0 Å². The van der Waals surface area contributed by atoms with E-state index < -0.39 is 0 Å².